The predicted molar refractivity (Wildman–Crippen MR) is 153 cm³/mol. The van der Waals surface area contributed by atoms with E-state index in [2.05, 4.69) is 13.8 Å². The lowest BCUT2D eigenvalue weighted by Gasteiger charge is -2.65. The molecule has 230 valence electrons. The van der Waals surface area contributed by atoms with E-state index in [-0.39, 0.29) is 42.4 Å². The van der Waals surface area contributed by atoms with Crippen LogP contribution in [0.3, 0.4) is 0 Å². The number of nitrogens with zero attached hydrogens (tertiary/aromatic N) is 1. The van der Waals surface area contributed by atoms with Gasteiger partial charge in [0.2, 0.25) is 5.79 Å². The highest BCUT2D eigenvalue weighted by molar-refractivity contribution is 8.01. The minimum atomic E-state index is -1.56. The molecule has 10 heteroatoms. The third-order valence-corrected chi connectivity index (χ3v) is 14.8. The van der Waals surface area contributed by atoms with Crippen LogP contribution in [0.15, 0.2) is 16.6 Å². The second-order valence-electron chi connectivity index (χ2n) is 15.0. The summed E-state index contributed by atoms with van der Waals surface area (Å²) in [6, 6.07) is 0. The third kappa shape index (κ3) is 3.37. The number of thioether (sulfide) groups is 1. The number of esters is 1. The molecule has 3 heterocycles. The van der Waals surface area contributed by atoms with E-state index in [1.807, 2.05) is 6.21 Å². The molecule has 14 atom stereocenters. The maximum Gasteiger partial charge on any atom is 0.331 e. The number of hydrogen-bond acceptors (Lipinski definition) is 10. The molecular weight excluding hydrogens is 558 g/mol. The smallest absolute Gasteiger partial charge is 0.331 e. The highest BCUT2D eigenvalue weighted by Gasteiger charge is 2.74. The fraction of sp³-hybridized carbons (Fsp3) is 0.844. The van der Waals surface area contributed by atoms with Gasteiger partial charge in [0.25, 0.3) is 0 Å². The Labute approximate surface area is 250 Å². The molecule has 5 saturated carbocycles. The zero-order valence-electron chi connectivity index (χ0n) is 24.4. The second kappa shape index (κ2) is 9.13. The van der Waals surface area contributed by atoms with E-state index in [0.717, 1.165) is 36.9 Å². The van der Waals surface area contributed by atoms with Crippen LogP contribution in [0.25, 0.3) is 0 Å². The number of carbonyl (C=O) groups is 2. The molecule has 1 saturated heterocycles. The molecule has 0 bridgehead atoms. The van der Waals surface area contributed by atoms with Gasteiger partial charge in [-0.3, -0.25) is 4.99 Å². The van der Waals surface area contributed by atoms with Crippen LogP contribution < -0.4 is 0 Å². The first-order valence-corrected chi connectivity index (χ1v) is 17.0. The topological polar surface area (TPSA) is 135 Å². The summed E-state index contributed by atoms with van der Waals surface area (Å²) in [6.45, 7) is 4.45. The van der Waals surface area contributed by atoms with Crippen molar-refractivity contribution in [2.24, 2.45) is 45.4 Å². The Bertz CT molecular complexity index is 1260. The molecule has 5 aliphatic carbocycles. The van der Waals surface area contributed by atoms with Crippen molar-refractivity contribution in [2.45, 2.75) is 112 Å². The van der Waals surface area contributed by atoms with E-state index >= 15 is 0 Å². The average molecular weight is 602 g/mol. The van der Waals surface area contributed by atoms with Gasteiger partial charge in [-0.25, -0.2) is 4.79 Å². The SMILES string of the molecule is C[C@H]1C[C@H]2O[C@@H]3C[C@@H]4CC[C@@H]5[C@H](CC[C@]6(C)[C@@H](C7=CC(=O)OC7)C[C@@H](O)[C@]56O)[C@@]4(C=O)C[C@H]3O[C@@]2(O)[C@@]2(C1)N=CCS2. The normalized spacial score (nSPS) is 57.9. The van der Waals surface area contributed by atoms with Gasteiger partial charge in [-0.1, -0.05) is 13.8 Å². The van der Waals surface area contributed by atoms with Crippen LogP contribution in [0.2, 0.25) is 0 Å². The van der Waals surface area contributed by atoms with Crippen molar-refractivity contribution >= 4 is 30.2 Å². The zero-order chi connectivity index (χ0) is 29.3. The van der Waals surface area contributed by atoms with Gasteiger partial charge < -0.3 is 34.3 Å². The average Bonchev–Trinajstić information content (AvgIpc) is 3.66. The van der Waals surface area contributed by atoms with Crippen LogP contribution in [-0.2, 0) is 23.8 Å². The van der Waals surface area contributed by atoms with Gasteiger partial charge in [0.1, 0.15) is 19.0 Å². The van der Waals surface area contributed by atoms with Crippen molar-refractivity contribution in [1.82, 2.24) is 0 Å². The van der Waals surface area contributed by atoms with Crippen molar-refractivity contribution in [3.8, 4) is 0 Å². The van der Waals surface area contributed by atoms with Gasteiger partial charge in [0, 0.05) is 28.9 Å². The highest BCUT2D eigenvalue weighted by atomic mass is 32.2. The molecule has 6 fully saturated rings. The number of aldehydes is 1. The summed E-state index contributed by atoms with van der Waals surface area (Å²) in [7, 11) is 0. The molecule has 8 rings (SSSR count). The van der Waals surface area contributed by atoms with Crippen molar-refractivity contribution in [3.63, 3.8) is 0 Å². The Hall–Kier alpha value is -1.30. The lowest BCUT2D eigenvalue weighted by Crippen LogP contribution is -2.72. The minimum Gasteiger partial charge on any atom is -0.458 e. The number of carbonyl (C=O) groups excluding carboxylic acids is 2. The monoisotopic (exact) mass is 601 g/mol. The van der Waals surface area contributed by atoms with E-state index in [4.69, 9.17) is 19.2 Å². The number of hydrogen-bond donors (Lipinski definition) is 3. The highest BCUT2D eigenvalue weighted by Crippen LogP contribution is 2.70. The number of aliphatic hydroxyl groups excluding tert-OH is 1. The molecule has 0 radical (unpaired) electrons. The van der Waals surface area contributed by atoms with Crippen LogP contribution in [-0.4, -0.2) is 86.8 Å². The van der Waals surface area contributed by atoms with Crippen molar-refractivity contribution in [3.05, 3.63) is 11.6 Å². The number of ether oxygens (including phenoxy) is 3. The summed E-state index contributed by atoms with van der Waals surface area (Å²) in [5.74, 6) is -1.30. The van der Waals surface area contributed by atoms with Crippen LogP contribution in [0.4, 0.5) is 0 Å². The molecular formula is C32H43NO8S. The first kappa shape index (κ1) is 28.2. The van der Waals surface area contributed by atoms with Gasteiger partial charge in [-0.05, 0) is 93.0 Å². The van der Waals surface area contributed by atoms with Gasteiger partial charge in [-0.2, -0.15) is 0 Å². The first-order valence-electron chi connectivity index (χ1n) is 16.0. The number of cyclic esters (lactones) is 1. The quantitative estimate of drug-likeness (QED) is 0.323. The molecule has 3 aliphatic heterocycles. The van der Waals surface area contributed by atoms with Crippen molar-refractivity contribution in [1.29, 1.82) is 0 Å². The largest absolute Gasteiger partial charge is 0.458 e. The Morgan fingerprint density at radius 1 is 1.10 bits per heavy atom. The molecule has 0 unspecified atom stereocenters. The number of aliphatic imine (C=N–C) groups is 1. The number of aliphatic hydroxyl groups is 3. The molecule has 1 spiro atoms. The van der Waals surface area contributed by atoms with Crippen LogP contribution >= 0.6 is 11.8 Å². The number of rotatable bonds is 2. The Balaban J connectivity index is 1.12. The molecule has 42 heavy (non-hydrogen) atoms. The fourth-order valence-corrected chi connectivity index (χ4v) is 12.9. The van der Waals surface area contributed by atoms with Gasteiger partial charge in [-0.15, -0.1) is 11.8 Å². The maximum absolute atomic E-state index is 13.4. The van der Waals surface area contributed by atoms with E-state index < -0.39 is 45.4 Å². The molecule has 0 aromatic rings. The van der Waals surface area contributed by atoms with Crippen LogP contribution in [0, 0.1) is 40.4 Å². The second-order valence-corrected chi connectivity index (χ2v) is 16.3. The first-order chi connectivity index (χ1) is 20.0. The van der Waals surface area contributed by atoms with E-state index in [1.165, 1.54) is 6.08 Å². The summed E-state index contributed by atoms with van der Waals surface area (Å²) in [4.78, 5) is 29.3. The molecule has 9 nitrogen and oxygen atoms in total. The standard InChI is InChI=1S/C32H43NO8S/c1-17-9-26-32(38,30(13-17)33-7-8-42-30)41-24-14-29(16-34)19(11-23(24)40-26)3-4-21-20(29)5-6-28(2)22(12-25(35)31(21,28)37)18-10-27(36)39-15-18/h7,10,16-17,19-26,35,37-38H,3-6,8-9,11-15H2,1-2H3/t17-,19-,20-,21+,22+,23+,24+,25+,26+,28+,29+,30-,31+,32+/m0/s1. The third-order valence-electron chi connectivity index (χ3n) is 13.4. The molecule has 0 amide bonds. The summed E-state index contributed by atoms with van der Waals surface area (Å²) >= 11 is 1.62. The summed E-state index contributed by atoms with van der Waals surface area (Å²) in [5, 5.41) is 36.3. The van der Waals surface area contributed by atoms with Crippen molar-refractivity contribution in [2.75, 3.05) is 12.4 Å². The summed E-state index contributed by atoms with van der Waals surface area (Å²) < 4.78 is 18.7. The molecule has 3 N–H and O–H groups in total. The van der Waals surface area contributed by atoms with Crippen molar-refractivity contribution < 1.29 is 39.1 Å². The van der Waals surface area contributed by atoms with Gasteiger partial charge >= 0.3 is 5.97 Å². The van der Waals surface area contributed by atoms with E-state index in [1.54, 1.807) is 11.8 Å². The number of fused-ring (bicyclic) bond motifs is 8. The van der Waals surface area contributed by atoms with E-state index in [0.29, 0.717) is 44.4 Å². The molecule has 0 aromatic carbocycles. The van der Waals surface area contributed by atoms with Crippen LogP contribution in [0.1, 0.15) is 71.6 Å². The minimum absolute atomic E-state index is 0.0898. The maximum atomic E-state index is 13.4. The van der Waals surface area contributed by atoms with Gasteiger partial charge in [0.15, 0.2) is 4.87 Å². The lowest BCUT2D eigenvalue weighted by molar-refractivity contribution is -0.387. The summed E-state index contributed by atoms with van der Waals surface area (Å²) in [5.41, 5.74) is -1.89. The Kier molecular flexibility index (Phi) is 6.13. The fourth-order valence-electron chi connectivity index (χ4n) is 11.5. The Morgan fingerprint density at radius 3 is 2.64 bits per heavy atom. The van der Waals surface area contributed by atoms with E-state index in [9.17, 15) is 24.9 Å². The van der Waals surface area contributed by atoms with Gasteiger partial charge in [0.05, 0.1) is 23.9 Å². The molecule has 8 aliphatic rings. The molecule has 0 aromatic heterocycles. The zero-order valence-corrected chi connectivity index (χ0v) is 25.3. The Morgan fingerprint density at radius 2 is 1.93 bits per heavy atom. The summed E-state index contributed by atoms with van der Waals surface area (Å²) in [6.07, 6.45) is 8.26. The predicted octanol–water partition coefficient (Wildman–Crippen LogP) is 2.79. The van der Waals surface area contributed by atoms with Crippen LogP contribution in [0.5, 0.6) is 0 Å². The lowest BCUT2D eigenvalue weighted by atomic mass is 9.42.